The van der Waals surface area contributed by atoms with E-state index in [0.29, 0.717) is 5.82 Å². The van der Waals surface area contributed by atoms with E-state index in [1.807, 2.05) is 37.3 Å². The Balaban J connectivity index is 1.64. The van der Waals surface area contributed by atoms with Crippen molar-refractivity contribution in [1.29, 1.82) is 0 Å². The van der Waals surface area contributed by atoms with Gasteiger partial charge in [-0.25, -0.2) is 15.0 Å². The van der Waals surface area contributed by atoms with Gasteiger partial charge in [0.15, 0.2) is 0 Å². The fourth-order valence-corrected chi connectivity index (χ4v) is 4.20. The van der Waals surface area contributed by atoms with Crippen molar-refractivity contribution in [2.24, 2.45) is 0 Å². The minimum Gasteiger partial charge on any atom is -0.363 e. The molecule has 0 aliphatic carbocycles. The van der Waals surface area contributed by atoms with Gasteiger partial charge in [-0.1, -0.05) is 29.8 Å². The summed E-state index contributed by atoms with van der Waals surface area (Å²) in [5.41, 5.74) is 1.80. The van der Waals surface area contributed by atoms with Crippen LogP contribution in [0.1, 0.15) is 37.7 Å². The zero-order valence-electron chi connectivity index (χ0n) is 17.3. The molecule has 3 heterocycles. The Bertz CT molecular complexity index is 1090. The van der Waals surface area contributed by atoms with E-state index in [1.165, 1.54) is 0 Å². The van der Waals surface area contributed by atoms with Crippen LogP contribution in [0, 0.1) is 6.92 Å². The molecule has 1 saturated heterocycles. The molecule has 156 valence electrons. The van der Waals surface area contributed by atoms with Crippen LogP contribution >= 0.6 is 11.6 Å². The number of amides is 1. The average Bonchev–Trinajstić information content (AvgIpc) is 3.15. The van der Waals surface area contributed by atoms with E-state index in [4.69, 9.17) is 11.6 Å². The number of nitrogens with zero attached hydrogens (tertiary/aromatic N) is 4. The smallest absolute Gasteiger partial charge is 0.217 e. The second kappa shape index (κ2) is 8.44. The van der Waals surface area contributed by atoms with E-state index in [2.05, 4.69) is 37.4 Å². The molecule has 2 N–H and O–H groups in total. The van der Waals surface area contributed by atoms with Gasteiger partial charge in [0, 0.05) is 36.5 Å². The summed E-state index contributed by atoms with van der Waals surface area (Å²) < 4.78 is 0. The highest BCUT2D eigenvalue weighted by Crippen LogP contribution is 2.30. The zero-order valence-corrected chi connectivity index (χ0v) is 18.1. The molecular weight excluding hydrogens is 400 g/mol. The molecule has 3 aromatic rings. The number of anilines is 2. The predicted octanol–water partition coefficient (Wildman–Crippen LogP) is 3.87. The highest BCUT2D eigenvalue weighted by atomic mass is 35.5. The summed E-state index contributed by atoms with van der Waals surface area (Å²) in [4.78, 5) is 27.3. The normalized spacial score (nSPS) is 17.2. The topological polar surface area (TPSA) is 83.0 Å². The van der Waals surface area contributed by atoms with Crippen LogP contribution in [-0.2, 0) is 4.79 Å². The molecule has 0 bridgehead atoms. The van der Waals surface area contributed by atoms with E-state index in [1.54, 1.807) is 13.1 Å². The molecule has 0 spiro atoms. The van der Waals surface area contributed by atoms with Gasteiger partial charge in [-0.15, -0.1) is 0 Å². The summed E-state index contributed by atoms with van der Waals surface area (Å²) in [6, 6.07) is 9.94. The van der Waals surface area contributed by atoms with Gasteiger partial charge in [-0.2, -0.15) is 0 Å². The first-order valence-electron chi connectivity index (χ1n) is 10.1. The molecule has 4 rings (SSSR count). The second-order valence-electron chi connectivity index (χ2n) is 7.70. The quantitative estimate of drug-likeness (QED) is 0.646. The maximum Gasteiger partial charge on any atom is 0.217 e. The average molecular weight is 425 g/mol. The molecule has 30 heavy (non-hydrogen) atoms. The summed E-state index contributed by atoms with van der Waals surface area (Å²) in [5, 5.41) is 8.11. The molecule has 1 fully saturated rings. The van der Waals surface area contributed by atoms with Crippen LogP contribution in [0.15, 0.2) is 36.5 Å². The van der Waals surface area contributed by atoms with Crippen LogP contribution in [0.3, 0.4) is 0 Å². The van der Waals surface area contributed by atoms with Crippen molar-refractivity contribution in [2.75, 3.05) is 23.3 Å². The maximum atomic E-state index is 11.4. The molecule has 7 nitrogen and oxygen atoms in total. The van der Waals surface area contributed by atoms with E-state index >= 15 is 0 Å². The third-order valence-corrected chi connectivity index (χ3v) is 5.67. The minimum absolute atomic E-state index is 0.00255. The van der Waals surface area contributed by atoms with Gasteiger partial charge in [0.2, 0.25) is 5.91 Å². The SMILES string of the molecule is CC(=O)N[C@@H]1CCN(c2cc3c(NC(C)c4ccccc4Cl)nc(C)nc3cn2)C1. The number of benzene rings is 1. The first kappa shape index (κ1) is 20.3. The van der Waals surface area contributed by atoms with Crippen LogP contribution in [-0.4, -0.2) is 40.0 Å². The predicted molar refractivity (Wildman–Crippen MR) is 120 cm³/mol. The number of rotatable bonds is 5. The fraction of sp³-hybridized carbons (Fsp3) is 0.364. The summed E-state index contributed by atoms with van der Waals surface area (Å²) in [7, 11) is 0. The first-order chi connectivity index (χ1) is 14.4. The lowest BCUT2D eigenvalue weighted by Crippen LogP contribution is -2.35. The standard InChI is InChI=1S/C22H25ClN6O/c1-13(17-6-4-5-7-19(17)23)25-22-18-10-21(24-11-20(18)26-14(2)27-22)29-9-8-16(12-29)28-15(3)30/h4-7,10-11,13,16H,8-9,12H2,1-3H3,(H,28,30)(H,25,26,27)/t13?,16-/m1/s1. The van der Waals surface area contributed by atoms with Gasteiger partial charge in [0.1, 0.15) is 17.5 Å². The van der Waals surface area contributed by atoms with Crippen molar-refractivity contribution in [3.8, 4) is 0 Å². The van der Waals surface area contributed by atoms with Gasteiger partial charge in [0.05, 0.1) is 17.8 Å². The first-order valence-corrected chi connectivity index (χ1v) is 10.5. The van der Waals surface area contributed by atoms with Crippen molar-refractivity contribution in [2.45, 2.75) is 39.3 Å². The number of nitrogens with one attached hydrogen (secondary N) is 2. The summed E-state index contributed by atoms with van der Waals surface area (Å²) in [6.45, 7) is 7.07. The number of fused-ring (bicyclic) bond motifs is 1. The van der Waals surface area contributed by atoms with Crippen LogP contribution in [0.25, 0.3) is 10.9 Å². The van der Waals surface area contributed by atoms with E-state index < -0.39 is 0 Å². The molecule has 2 aromatic heterocycles. The number of carbonyl (C=O) groups is 1. The van der Waals surface area contributed by atoms with Crippen molar-refractivity contribution in [3.63, 3.8) is 0 Å². The Morgan fingerprint density at radius 3 is 2.87 bits per heavy atom. The van der Waals surface area contributed by atoms with E-state index in [9.17, 15) is 4.79 Å². The Hall–Kier alpha value is -2.93. The van der Waals surface area contributed by atoms with Crippen molar-refractivity contribution in [1.82, 2.24) is 20.3 Å². The Morgan fingerprint density at radius 2 is 2.10 bits per heavy atom. The third-order valence-electron chi connectivity index (χ3n) is 5.32. The van der Waals surface area contributed by atoms with Gasteiger partial charge in [0.25, 0.3) is 0 Å². The number of hydrogen-bond donors (Lipinski definition) is 2. The number of aromatic nitrogens is 3. The largest absolute Gasteiger partial charge is 0.363 e. The molecule has 8 heteroatoms. The number of aryl methyl sites for hydroxylation is 1. The summed E-state index contributed by atoms with van der Waals surface area (Å²) in [5.74, 6) is 2.29. The summed E-state index contributed by atoms with van der Waals surface area (Å²) >= 11 is 6.38. The Morgan fingerprint density at radius 1 is 1.30 bits per heavy atom. The zero-order chi connectivity index (χ0) is 21.3. The van der Waals surface area contributed by atoms with Crippen LogP contribution in [0.5, 0.6) is 0 Å². The van der Waals surface area contributed by atoms with Crippen molar-refractivity contribution >= 4 is 40.0 Å². The van der Waals surface area contributed by atoms with E-state index in [-0.39, 0.29) is 18.0 Å². The lowest BCUT2D eigenvalue weighted by atomic mass is 10.1. The molecule has 1 aliphatic heterocycles. The molecule has 1 aliphatic rings. The minimum atomic E-state index is -0.0243. The molecule has 1 unspecified atom stereocenters. The maximum absolute atomic E-state index is 11.4. The van der Waals surface area contributed by atoms with Gasteiger partial charge in [-0.3, -0.25) is 4.79 Å². The van der Waals surface area contributed by atoms with Gasteiger partial charge >= 0.3 is 0 Å². The Kier molecular flexibility index (Phi) is 5.72. The number of pyridine rings is 1. The highest BCUT2D eigenvalue weighted by molar-refractivity contribution is 6.31. The van der Waals surface area contributed by atoms with Crippen molar-refractivity contribution in [3.05, 3.63) is 52.9 Å². The molecule has 0 radical (unpaired) electrons. The van der Waals surface area contributed by atoms with Crippen molar-refractivity contribution < 1.29 is 4.79 Å². The molecule has 2 atom stereocenters. The fourth-order valence-electron chi connectivity index (χ4n) is 3.90. The molecule has 1 amide bonds. The molecular formula is C22H25ClN6O. The van der Waals surface area contributed by atoms with Crippen LogP contribution < -0.4 is 15.5 Å². The lowest BCUT2D eigenvalue weighted by Gasteiger charge is -2.20. The van der Waals surface area contributed by atoms with Gasteiger partial charge < -0.3 is 15.5 Å². The van der Waals surface area contributed by atoms with Gasteiger partial charge in [-0.05, 0) is 38.0 Å². The Labute approximate surface area is 180 Å². The molecule has 0 saturated carbocycles. The van der Waals surface area contributed by atoms with Crippen LogP contribution in [0.4, 0.5) is 11.6 Å². The number of hydrogen-bond acceptors (Lipinski definition) is 6. The number of carbonyl (C=O) groups excluding carboxylic acids is 1. The van der Waals surface area contributed by atoms with E-state index in [0.717, 1.165) is 52.6 Å². The highest BCUT2D eigenvalue weighted by Gasteiger charge is 2.24. The summed E-state index contributed by atoms with van der Waals surface area (Å²) in [6.07, 6.45) is 2.69. The van der Waals surface area contributed by atoms with Crippen LogP contribution in [0.2, 0.25) is 5.02 Å². The molecule has 1 aromatic carbocycles. The number of halogens is 1. The lowest BCUT2D eigenvalue weighted by molar-refractivity contribution is -0.119. The monoisotopic (exact) mass is 424 g/mol. The third kappa shape index (κ3) is 4.31. The second-order valence-corrected chi connectivity index (χ2v) is 8.11.